The lowest BCUT2D eigenvalue weighted by molar-refractivity contribution is -0.131. The first kappa shape index (κ1) is 11.2. The molecule has 0 aliphatic carbocycles. The molecular formula is C11H13NO3. The van der Waals surface area contributed by atoms with E-state index in [1.807, 2.05) is 13.8 Å². The van der Waals surface area contributed by atoms with E-state index in [1.165, 1.54) is 6.08 Å². The fourth-order valence-corrected chi connectivity index (χ4v) is 0.969. The van der Waals surface area contributed by atoms with Crippen molar-refractivity contribution in [3.63, 3.8) is 0 Å². The summed E-state index contributed by atoms with van der Waals surface area (Å²) in [4.78, 5) is 14.3. The third-order valence-corrected chi connectivity index (χ3v) is 1.53. The largest absolute Gasteiger partial charge is 0.478 e. The van der Waals surface area contributed by atoms with Crippen LogP contribution in [0.3, 0.4) is 0 Å². The molecule has 0 saturated carbocycles. The molecule has 0 aromatic carbocycles. The van der Waals surface area contributed by atoms with Crippen molar-refractivity contribution in [2.24, 2.45) is 0 Å². The van der Waals surface area contributed by atoms with Gasteiger partial charge in [0.25, 0.3) is 0 Å². The van der Waals surface area contributed by atoms with Gasteiger partial charge in [-0.3, -0.25) is 0 Å². The first-order valence-electron chi connectivity index (χ1n) is 4.61. The van der Waals surface area contributed by atoms with E-state index in [2.05, 4.69) is 4.98 Å². The van der Waals surface area contributed by atoms with Crippen LogP contribution >= 0.6 is 0 Å². The van der Waals surface area contributed by atoms with Gasteiger partial charge < -0.3 is 9.84 Å². The van der Waals surface area contributed by atoms with E-state index in [4.69, 9.17) is 9.84 Å². The fourth-order valence-electron chi connectivity index (χ4n) is 0.969. The molecule has 0 atom stereocenters. The Labute approximate surface area is 88.2 Å². The zero-order valence-electron chi connectivity index (χ0n) is 8.68. The van der Waals surface area contributed by atoms with Crippen LogP contribution in [0.1, 0.15) is 19.4 Å². The summed E-state index contributed by atoms with van der Waals surface area (Å²) in [6.45, 7) is 3.83. The van der Waals surface area contributed by atoms with Crippen molar-refractivity contribution in [2.75, 3.05) is 0 Å². The molecule has 4 heteroatoms. The van der Waals surface area contributed by atoms with Crippen LogP contribution in [0, 0.1) is 0 Å². The average Bonchev–Trinajstić information content (AvgIpc) is 2.16. The molecule has 15 heavy (non-hydrogen) atoms. The highest BCUT2D eigenvalue weighted by Crippen LogP contribution is 2.10. The van der Waals surface area contributed by atoms with Crippen molar-refractivity contribution in [3.8, 4) is 5.88 Å². The second kappa shape index (κ2) is 5.14. The number of carbonyl (C=O) groups is 1. The SMILES string of the molecule is CC(C)Oc1ccc(/C=C/C(=O)O)cn1. The number of ether oxygens (including phenoxy) is 1. The number of aromatic nitrogens is 1. The van der Waals surface area contributed by atoms with Crippen molar-refractivity contribution in [1.82, 2.24) is 4.98 Å². The molecule has 0 saturated heterocycles. The third-order valence-electron chi connectivity index (χ3n) is 1.53. The van der Waals surface area contributed by atoms with Gasteiger partial charge >= 0.3 is 5.97 Å². The molecular weight excluding hydrogens is 194 g/mol. The molecule has 1 rings (SSSR count). The van der Waals surface area contributed by atoms with Gasteiger partial charge in [-0.25, -0.2) is 9.78 Å². The molecule has 0 fully saturated rings. The van der Waals surface area contributed by atoms with Crippen LogP contribution in [0.25, 0.3) is 6.08 Å². The highest BCUT2D eigenvalue weighted by Gasteiger charge is 1.98. The molecule has 1 aromatic rings. The van der Waals surface area contributed by atoms with Gasteiger partial charge in [0, 0.05) is 18.3 Å². The zero-order chi connectivity index (χ0) is 11.3. The van der Waals surface area contributed by atoms with Crippen LogP contribution in [0.5, 0.6) is 5.88 Å². The molecule has 0 radical (unpaired) electrons. The Bertz CT molecular complexity index is 355. The van der Waals surface area contributed by atoms with E-state index in [0.717, 1.165) is 11.6 Å². The number of aliphatic carboxylic acids is 1. The maximum Gasteiger partial charge on any atom is 0.328 e. The predicted octanol–water partition coefficient (Wildman–Crippen LogP) is 1.97. The molecule has 1 heterocycles. The van der Waals surface area contributed by atoms with Crippen LogP contribution < -0.4 is 4.74 Å². The molecule has 0 aliphatic rings. The molecule has 1 N–H and O–H groups in total. The molecule has 0 aliphatic heterocycles. The quantitative estimate of drug-likeness (QED) is 0.767. The normalized spacial score (nSPS) is 10.9. The van der Waals surface area contributed by atoms with E-state index in [0.29, 0.717) is 5.88 Å². The summed E-state index contributed by atoms with van der Waals surface area (Å²) in [6.07, 6.45) is 4.20. The monoisotopic (exact) mass is 207 g/mol. The van der Waals surface area contributed by atoms with Crippen LogP contribution in [0.15, 0.2) is 24.4 Å². The first-order valence-corrected chi connectivity index (χ1v) is 4.61. The molecule has 80 valence electrons. The lowest BCUT2D eigenvalue weighted by Crippen LogP contribution is -2.06. The molecule has 0 bridgehead atoms. The van der Waals surface area contributed by atoms with Gasteiger partial charge in [0.05, 0.1) is 6.10 Å². The Morgan fingerprint density at radius 2 is 2.27 bits per heavy atom. The van der Waals surface area contributed by atoms with Crippen molar-refractivity contribution >= 4 is 12.0 Å². The Balaban J connectivity index is 2.68. The Kier molecular flexibility index (Phi) is 3.85. The minimum atomic E-state index is -0.975. The number of rotatable bonds is 4. The number of nitrogens with zero attached hydrogens (tertiary/aromatic N) is 1. The van der Waals surface area contributed by atoms with Gasteiger partial charge in [-0.1, -0.05) is 0 Å². The summed E-state index contributed by atoms with van der Waals surface area (Å²) in [6, 6.07) is 3.46. The second-order valence-electron chi connectivity index (χ2n) is 3.27. The second-order valence-corrected chi connectivity index (χ2v) is 3.27. The van der Waals surface area contributed by atoms with Gasteiger partial charge in [0.2, 0.25) is 5.88 Å². The van der Waals surface area contributed by atoms with Crippen molar-refractivity contribution in [2.45, 2.75) is 20.0 Å². The molecule has 0 amide bonds. The van der Waals surface area contributed by atoms with Gasteiger partial charge in [-0.15, -0.1) is 0 Å². The smallest absolute Gasteiger partial charge is 0.328 e. The van der Waals surface area contributed by atoms with E-state index in [9.17, 15) is 4.79 Å². The van der Waals surface area contributed by atoms with Gasteiger partial charge in [0.1, 0.15) is 0 Å². The minimum Gasteiger partial charge on any atom is -0.478 e. The van der Waals surface area contributed by atoms with E-state index >= 15 is 0 Å². The third kappa shape index (κ3) is 4.26. The van der Waals surface area contributed by atoms with Crippen molar-refractivity contribution in [1.29, 1.82) is 0 Å². The van der Waals surface area contributed by atoms with E-state index < -0.39 is 5.97 Å². The average molecular weight is 207 g/mol. The highest BCUT2D eigenvalue weighted by atomic mass is 16.5. The molecule has 4 nitrogen and oxygen atoms in total. The molecule has 0 spiro atoms. The number of carboxylic acid groups (broad SMARTS) is 1. The maximum absolute atomic E-state index is 10.3. The number of hydrogen-bond acceptors (Lipinski definition) is 3. The summed E-state index contributed by atoms with van der Waals surface area (Å²) in [5, 5.41) is 8.42. The Hall–Kier alpha value is -1.84. The number of hydrogen-bond donors (Lipinski definition) is 1. The Morgan fingerprint density at radius 1 is 1.53 bits per heavy atom. The predicted molar refractivity (Wildman–Crippen MR) is 56.7 cm³/mol. The standard InChI is InChI=1S/C11H13NO3/c1-8(2)15-10-5-3-9(7-12-10)4-6-11(13)14/h3-8H,1-2H3,(H,13,14)/b6-4+. The van der Waals surface area contributed by atoms with Crippen LogP contribution in [0.4, 0.5) is 0 Å². The van der Waals surface area contributed by atoms with Gasteiger partial charge in [-0.05, 0) is 31.6 Å². The fraction of sp³-hybridized carbons (Fsp3) is 0.273. The summed E-state index contributed by atoms with van der Waals surface area (Å²) < 4.78 is 5.34. The lowest BCUT2D eigenvalue weighted by atomic mass is 10.2. The number of pyridine rings is 1. The highest BCUT2D eigenvalue weighted by molar-refractivity contribution is 5.85. The van der Waals surface area contributed by atoms with E-state index in [-0.39, 0.29) is 6.10 Å². The van der Waals surface area contributed by atoms with Crippen molar-refractivity contribution < 1.29 is 14.6 Å². The summed E-state index contributed by atoms with van der Waals surface area (Å²) in [7, 11) is 0. The molecule has 1 aromatic heterocycles. The van der Waals surface area contributed by atoms with E-state index in [1.54, 1.807) is 18.3 Å². The summed E-state index contributed by atoms with van der Waals surface area (Å²) >= 11 is 0. The lowest BCUT2D eigenvalue weighted by Gasteiger charge is -2.07. The Morgan fingerprint density at radius 3 is 2.73 bits per heavy atom. The van der Waals surface area contributed by atoms with Gasteiger partial charge in [-0.2, -0.15) is 0 Å². The topological polar surface area (TPSA) is 59.4 Å². The van der Waals surface area contributed by atoms with Gasteiger partial charge in [0.15, 0.2) is 0 Å². The summed E-state index contributed by atoms with van der Waals surface area (Å²) in [5.41, 5.74) is 0.730. The molecule has 0 unspecified atom stereocenters. The zero-order valence-corrected chi connectivity index (χ0v) is 8.68. The first-order chi connectivity index (χ1) is 7.08. The van der Waals surface area contributed by atoms with Crippen molar-refractivity contribution in [3.05, 3.63) is 30.0 Å². The summed E-state index contributed by atoms with van der Waals surface area (Å²) in [5.74, 6) is -0.435. The minimum absolute atomic E-state index is 0.0814. The maximum atomic E-state index is 10.3. The van der Waals surface area contributed by atoms with Crippen LogP contribution in [0.2, 0.25) is 0 Å². The number of carboxylic acids is 1. The van der Waals surface area contributed by atoms with Crippen LogP contribution in [-0.2, 0) is 4.79 Å². The van der Waals surface area contributed by atoms with Crippen LogP contribution in [-0.4, -0.2) is 22.2 Å².